The summed E-state index contributed by atoms with van der Waals surface area (Å²) in [4.78, 5) is 15.5. The Morgan fingerprint density at radius 1 is 1.19 bits per heavy atom. The summed E-state index contributed by atoms with van der Waals surface area (Å²) in [5.41, 5.74) is 3.91. The number of nitrogens with zero attached hydrogens (tertiary/aromatic N) is 5. The summed E-state index contributed by atoms with van der Waals surface area (Å²) in [5.74, 6) is 0.818. The van der Waals surface area contributed by atoms with Crippen molar-refractivity contribution < 1.29 is 4.74 Å². The molecule has 0 N–H and O–H groups in total. The third-order valence-electron chi connectivity index (χ3n) is 6.02. The lowest BCUT2D eigenvalue weighted by Gasteiger charge is -2.18. The average molecular weight is 544 g/mol. The molecule has 2 aromatic carbocycles. The highest BCUT2D eigenvalue weighted by Crippen LogP contribution is 2.44. The molecule has 0 spiro atoms. The first kappa shape index (κ1) is 25.3. The van der Waals surface area contributed by atoms with E-state index < -0.39 is 0 Å². The van der Waals surface area contributed by atoms with Crippen molar-refractivity contribution in [2.45, 2.75) is 23.3 Å². The van der Waals surface area contributed by atoms with Crippen molar-refractivity contribution in [3.63, 3.8) is 0 Å². The topological polar surface area (TPSA) is 66.4 Å². The number of ether oxygens (including phenoxy) is 1. The van der Waals surface area contributed by atoms with E-state index in [1.165, 1.54) is 11.8 Å². The molecule has 2 aromatic heterocycles. The molecule has 9 heteroatoms. The van der Waals surface area contributed by atoms with Gasteiger partial charge in [0.2, 0.25) is 5.88 Å². The number of thioether (sulfide) groups is 1. The Bertz CT molecular complexity index is 1490. The van der Waals surface area contributed by atoms with Crippen molar-refractivity contribution in [3.8, 4) is 33.6 Å². The molecule has 0 saturated carbocycles. The van der Waals surface area contributed by atoms with Gasteiger partial charge in [-0.2, -0.15) is 5.26 Å². The number of rotatable bonds is 7. The normalized spacial score (nSPS) is 15.3. The van der Waals surface area contributed by atoms with Gasteiger partial charge in [0.1, 0.15) is 22.2 Å². The Balaban J connectivity index is 1.50. The van der Waals surface area contributed by atoms with E-state index in [4.69, 9.17) is 32.9 Å². The summed E-state index contributed by atoms with van der Waals surface area (Å²) >= 11 is 9.01. The summed E-state index contributed by atoms with van der Waals surface area (Å²) in [6, 6.07) is 19.5. The van der Waals surface area contributed by atoms with Crippen LogP contribution in [-0.2, 0) is 5.75 Å². The van der Waals surface area contributed by atoms with Crippen molar-refractivity contribution in [2.24, 2.45) is 0 Å². The SMILES string of the molecule is [C-]#[N+]c1c(OC2CCN(C)C2)nc(SCc2csc(-c3ccc(Cl)cc3)n2)c(C#N)c1-c1ccccc1. The highest BCUT2D eigenvalue weighted by atomic mass is 35.5. The standard InChI is InChI=1S/C28H22ClN5OS2/c1-31-25-24(18-6-4-3-5-7-18)23(14-30)28(33-26(25)35-22-12-13-34(2)15-22)37-17-21-16-36-27(32-21)19-8-10-20(29)11-9-19/h3-11,16,22H,12-13,15,17H2,2H3. The number of likely N-dealkylation sites (tertiary alicyclic amines) is 1. The van der Waals surface area contributed by atoms with E-state index in [-0.39, 0.29) is 17.7 Å². The predicted octanol–water partition coefficient (Wildman–Crippen LogP) is 7.32. The molecule has 5 rings (SSSR count). The summed E-state index contributed by atoms with van der Waals surface area (Å²) in [6.07, 6.45) is 0.818. The van der Waals surface area contributed by atoms with Crippen molar-refractivity contribution in [1.82, 2.24) is 14.9 Å². The second kappa shape index (κ2) is 11.3. The maximum Gasteiger partial charge on any atom is 0.256 e. The second-order valence-electron chi connectivity index (χ2n) is 8.64. The van der Waals surface area contributed by atoms with Gasteiger partial charge in [0.15, 0.2) is 0 Å². The summed E-state index contributed by atoms with van der Waals surface area (Å²) in [6.45, 7) is 9.63. The Kier molecular flexibility index (Phi) is 7.73. The molecular weight excluding hydrogens is 522 g/mol. The zero-order valence-electron chi connectivity index (χ0n) is 20.0. The molecule has 6 nitrogen and oxygen atoms in total. The first-order valence-electron chi connectivity index (χ1n) is 11.6. The molecule has 3 heterocycles. The van der Waals surface area contributed by atoms with E-state index in [1.807, 2.05) is 67.0 Å². The first-order chi connectivity index (χ1) is 18.1. The van der Waals surface area contributed by atoms with Gasteiger partial charge in [-0.15, -0.1) is 11.3 Å². The number of aromatic nitrogens is 2. The maximum atomic E-state index is 10.2. The van der Waals surface area contributed by atoms with Gasteiger partial charge in [-0.05, 0) is 31.2 Å². The number of halogens is 1. The lowest BCUT2D eigenvalue weighted by Crippen LogP contribution is -2.22. The lowest BCUT2D eigenvalue weighted by molar-refractivity contribution is 0.200. The number of hydrogen-bond acceptors (Lipinski definition) is 7. The van der Waals surface area contributed by atoms with E-state index in [2.05, 4.69) is 15.8 Å². The molecule has 184 valence electrons. The van der Waals surface area contributed by atoms with Gasteiger partial charge in [0, 0.05) is 40.4 Å². The molecular formula is C28H22ClN5OS2. The van der Waals surface area contributed by atoms with Gasteiger partial charge in [-0.25, -0.2) is 14.8 Å². The Labute approximate surface area is 229 Å². The molecule has 1 fully saturated rings. The molecule has 37 heavy (non-hydrogen) atoms. The number of thiazole rings is 1. The van der Waals surface area contributed by atoms with Gasteiger partial charge in [0.25, 0.3) is 5.69 Å². The monoisotopic (exact) mass is 543 g/mol. The molecule has 1 aliphatic rings. The van der Waals surface area contributed by atoms with Crippen LogP contribution in [0.15, 0.2) is 65.0 Å². The van der Waals surface area contributed by atoms with Crippen LogP contribution in [0.3, 0.4) is 0 Å². The minimum atomic E-state index is -0.0483. The Morgan fingerprint density at radius 2 is 1.97 bits per heavy atom. The fourth-order valence-electron chi connectivity index (χ4n) is 4.20. The van der Waals surface area contributed by atoms with E-state index >= 15 is 0 Å². The molecule has 1 saturated heterocycles. The van der Waals surface area contributed by atoms with Gasteiger partial charge in [-0.3, -0.25) is 0 Å². The van der Waals surface area contributed by atoms with Gasteiger partial charge >= 0.3 is 0 Å². The van der Waals surface area contributed by atoms with Gasteiger partial charge in [0.05, 0.1) is 17.8 Å². The van der Waals surface area contributed by atoms with Crippen LogP contribution in [-0.4, -0.2) is 41.1 Å². The summed E-state index contributed by atoms with van der Waals surface area (Å²) < 4.78 is 6.28. The molecule has 4 aromatic rings. The molecule has 0 aliphatic carbocycles. The number of hydrogen-bond donors (Lipinski definition) is 0. The Morgan fingerprint density at radius 3 is 2.65 bits per heavy atom. The largest absolute Gasteiger partial charge is 0.482 e. The molecule has 1 atom stereocenters. The van der Waals surface area contributed by atoms with Crippen LogP contribution in [0.25, 0.3) is 26.5 Å². The molecule has 0 radical (unpaired) electrons. The van der Waals surface area contributed by atoms with Crippen molar-refractivity contribution in [3.05, 3.63) is 87.7 Å². The van der Waals surface area contributed by atoms with Crippen LogP contribution >= 0.6 is 34.7 Å². The van der Waals surface area contributed by atoms with E-state index in [1.54, 1.807) is 11.3 Å². The molecule has 0 bridgehead atoms. The fourth-order valence-corrected chi connectivity index (χ4v) is 6.13. The zero-order chi connectivity index (χ0) is 25.8. The number of pyridine rings is 1. The van der Waals surface area contributed by atoms with Crippen molar-refractivity contribution >= 4 is 40.4 Å². The highest BCUT2D eigenvalue weighted by Gasteiger charge is 2.27. The minimum absolute atomic E-state index is 0.0483. The van der Waals surface area contributed by atoms with E-state index in [9.17, 15) is 5.26 Å². The van der Waals surface area contributed by atoms with Crippen molar-refractivity contribution in [1.29, 1.82) is 5.26 Å². The maximum absolute atomic E-state index is 10.2. The third-order valence-corrected chi connectivity index (χ3v) is 8.22. The fraction of sp³-hybridized carbons (Fsp3) is 0.214. The lowest BCUT2D eigenvalue weighted by atomic mass is 10.0. The second-order valence-corrected chi connectivity index (χ2v) is 10.9. The quantitative estimate of drug-likeness (QED) is 0.180. The van der Waals surface area contributed by atoms with E-state index in [0.29, 0.717) is 26.9 Å². The van der Waals surface area contributed by atoms with Gasteiger partial charge < -0.3 is 9.64 Å². The van der Waals surface area contributed by atoms with Crippen LogP contribution in [0.1, 0.15) is 17.7 Å². The summed E-state index contributed by atoms with van der Waals surface area (Å²) in [7, 11) is 2.05. The smallest absolute Gasteiger partial charge is 0.256 e. The van der Waals surface area contributed by atoms with Crippen LogP contribution < -0.4 is 4.74 Å². The average Bonchev–Trinajstić information content (AvgIpc) is 3.56. The predicted molar refractivity (Wildman–Crippen MR) is 149 cm³/mol. The zero-order valence-corrected chi connectivity index (χ0v) is 22.4. The number of nitriles is 1. The van der Waals surface area contributed by atoms with Crippen LogP contribution in [0, 0.1) is 17.9 Å². The number of benzene rings is 2. The molecule has 1 aliphatic heterocycles. The highest BCUT2D eigenvalue weighted by molar-refractivity contribution is 7.98. The van der Waals surface area contributed by atoms with Crippen molar-refractivity contribution in [2.75, 3.05) is 20.1 Å². The van der Waals surface area contributed by atoms with Crippen LogP contribution in [0.4, 0.5) is 5.69 Å². The summed E-state index contributed by atoms with van der Waals surface area (Å²) in [5, 5.41) is 14.3. The Hall–Kier alpha value is -3.40. The minimum Gasteiger partial charge on any atom is -0.482 e. The van der Waals surface area contributed by atoms with Gasteiger partial charge in [-0.1, -0.05) is 65.8 Å². The molecule has 0 amide bonds. The van der Waals surface area contributed by atoms with Crippen LogP contribution in [0.2, 0.25) is 5.02 Å². The van der Waals surface area contributed by atoms with E-state index in [0.717, 1.165) is 41.3 Å². The third kappa shape index (κ3) is 5.64. The first-order valence-corrected chi connectivity index (χ1v) is 13.9. The van der Waals surface area contributed by atoms with Crippen LogP contribution in [0.5, 0.6) is 5.88 Å². The molecule has 1 unspecified atom stereocenters. The number of likely N-dealkylation sites (N-methyl/N-ethyl adjacent to an activating group) is 1.